The summed E-state index contributed by atoms with van der Waals surface area (Å²) in [4.78, 5) is 32.0. The standard InChI is InChI=1S/C37H41N3O7S3/c1-4-20-46-24-48-33-32(41)39-34-36(29-19-18-26-12-8-9-15-28(26)29,23-37(39,35(42)38(33)2)49-25-47-22-21-45-3)30-16-10-11-17-31(30)40(34)50(43,44)27-13-6-5-7-14-27/h5-17,19,33-34H,4,18,20-25H2,1-3H3/t33-,34-,36-,37-/m0/s1. The lowest BCUT2D eigenvalue weighted by atomic mass is 9.70. The number of rotatable bonds is 14. The van der Waals surface area contributed by atoms with Crippen LogP contribution in [0.1, 0.15) is 36.5 Å². The highest BCUT2D eigenvalue weighted by Gasteiger charge is 2.75. The summed E-state index contributed by atoms with van der Waals surface area (Å²) in [6, 6.07) is 23.9. The first-order valence-corrected chi connectivity index (χ1v) is 20.2. The van der Waals surface area contributed by atoms with Gasteiger partial charge in [0.05, 0.1) is 41.1 Å². The fourth-order valence-electron chi connectivity index (χ4n) is 7.90. The number of nitrogens with zero attached hydrogens (tertiary/aromatic N) is 3. The van der Waals surface area contributed by atoms with Gasteiger partial charge in [-0.2, -0.15) is 0 Å². The van der Waals surface area contributed by atoms with Crippen LogP contribution in [0.2, 0.25) is 0 Å². The Hall–Kier alpha value is -3.33. The number of carbonyl (C=O) groups excluding carboxylic acids is 2. The number of sulfonamides is 1. The molecule has 4 atom stereocenters. The van der Waals surface area contributed by atoms with Gasteiger partial charge in [-0.25, -0.2) is 12.7 Å². The van der Waals surface area contributed by atoms with E-state index >= 15 is 18.0 Å². The summed E-state index contributed by atoms with van der Waals surface area (Å²) in [5.41, 5.74) is 3.20. The van der Waals surface area contributed by atoms with Gasteiger partial charge in [0.25, 0.3) is 21.8 Å². The molecule has 0 unspecified atom stereocenters. The van der Waals surface area contributed by atoms with Crippen LogP contribution in [0.25, 0.3) is 5.57 Å². The number of hydrogen-bond donors (Lipinski definition) is 0. The van der Waals surface area contributed by atoms with Crippen molar-refractivity contribution in [3.63, 3.8) is 0 Å². The first-order chi connectivity index (χ1) is 24.2. The quantitative estimate of drug-likeness (QED) is 0.161. The molecule has 2 saturated heterocycles. The Morgan fingerprint density at radius 3 is 2.40 bits per heavy atom. The highest BCUT2D eigenvalue weighted by atomic mass is 32.2. The van der Waals surface area contributed by atoms with E-state index in [1.165, 1.54) is 32.7 Å². The number of thioether (sulfide) groups is 2. The van der Waals surface area contributed by atoms with Gasteiger partial charge >= 0.3 is 0 Å². The van der Waals surface area contributed by atoms with Crippen molar-refractivity contribution in [1.82, 2.24) is 9.80 Å². The molecule has 0 saturated carbocycles. The topological polar surface area (TPSA) is 106 Å². The van der Waals surface area contributed by atoms with Gasteiger partial charge in [0.2, 0.25) is 0 Å². The maximum atomic E-state index is 15.2. The van der Waals surface area contributed by atoms with Crippen LogP contribution in [0.4, 0.5) is 5.69 Å². The number of fused-ring (bicyclic) bond motifs is 6. The van der Waals surface area contributed by atoms with Crippen molar-refractivity contribution in [2.24, 2.45) is 0 Å². The molecule has 264 valence electrons. The molecule has 3 aliphatic heterocycles. The van der Waals surface area contributed by atoms with Crippen LogP contribution in [-0.4, -0.2) is 92.3 Å². The molecular formula is C37H41N3O7S3. The smallest absolute Gasteiger partial charge is 0.266 e. The van der Waals surface area contributed by atoms with E-state index in [1.807, 2.05) is 43.3 Å². The van der Waals surface area contributed by atoms with Crippen molar-refractivity contribution >= 4 is 56.6 Å². The number of hydrogen-bond acceptors (Lipinski definition) is 9. The molecule has 10 nitrogen and oxygen atoms in total. The molecule has 3 heterocycles. The average molecular weight is 736 g/mol. The maximum absolute atomic E-state index is 15.2. The number of amides is 2. The van der Waals surface area contributed by atoms with Gasteiger partial charge in [0.15, 0.2) is 10.2 Å². The predicted octanol–water partition coefficient (Wildman–Crippen LogP) is 5.30. The summed E-state index contributed by atoms with van der Waals surface area (Å²) in [6.07, 6.45) is 2.69. The second kappa shape index (κ2) is 14.0. The van der Waals surface area contributed by atoms with E-state index in [0.29, 0.717) is 31.9 Å². The number of likely N-dealkylation sites (N-methyl/N-ethyl adjacent to an activating group) is 1. The first-order valence-electron chi connectivity index (χ1n) is 16.7. The molecular weight excluding hydrogens is 695 g/mol. The third-order valence-electron chi connectivity index (χ3n) is 9.98. The van der Waals surface area contributed by atoms with Crippen LogP contribution in [-0.2, 0) is 45.7 Å². The van der Waals surface area contributed by atoms with E-state index in [1.54, 1.807) is 49.4 Å². The molecule has 0 radical (unpaired) electrons. The van der Waals surface area contributed by atoms with Gasteiger partial charge in [-0.1, -0.05) is 97.2 Å². The second-order valence-corrected chi connectivity index (χ2v) is 16.8. The van der Waals surface area contributed by atoms with Gasteiger partial charge in [-0.05, 0) is 53.3 Å². The van der Waals surface area contributed by atoms with Crippen LogP contribution in [0.3, 0.4) is 0 Å². The Bertz CT molecular complexity index is 1910. The number of para-hydroxylation sites is 1. The second-order valence-electron chi connectivity index (χ2n) is 12.7. The molecule has 0 N–H and O–H groups in total. The third-order valence-corrected chi connectivity index (χ3v) is 14.2. The van der Waals surface area contributed by atoms with Gasteiger partial charge < -0.3 is 19.1 Å². The van der Waals surface area contributed by atoms with Crippen LogP contribution in [0.5, 0.6) is 0 Å². The fraction of sp³-hybridized carbons (Fsp3) is 0.405. The van der Waals surface area contributed by atoms with Crippen LogP contribution in [0.15, 0.2) is 89.8 Å². The van der Waals surface area contributed by atoms with Crippen molar-refractivity contribution in [3.8, 4) is 0 Å². The minimum Gasteiger partial charge on any atom is -0.382 e. The summed E-state index contributed by atoms with van der Waals surface area (Å²) < 4.78 is 48.4. The molecule has 13 heteroatoms. The number of carbonyl (C=O) groups is 2. The molecule has 50 heavy (non-hydrogen) atoms. The van der Waals surface area contributed by atoms with E-state index in [9.17, 15) is 0 Å². The molecule has 3 aromatic carbocycles. The molecule has 1 aliphatic carbocycles. The molecule has 0 spiro atoms. The van der Waals surface area contributed by atoms with Crippen LogP contribution in [0, 0.1) is 0 Å². The minimum atomic E-state index is -4.26. The summed E-state index contributed by atoms with van der Waals surface area (Å²) in [7, 11) is -1.02. The Kier molecular flexibility index (Phi) is 9.83. The molecule has 2 fully saturated rings. The molecule has 0 aromatic heterocycles. The SMILES string of the molecule is CCCOCS[C@H]1C(=O)N2[C@H]3N(S(=O)(=O)c4ccccc4)c4ccccc4[C@@]3(C3=CCc4ccccc43)C[C@]2(SCOCCOC)C(=O)N1C. The number of allylic oxidation sites excluding steroid dienone is 1. The van der Waals surface area contributed by atoms with Gasteiger partial charge in [0.1, 0.15) is 6.17 Å². The summed E-state index contributed by atoms with van der Waals surface area (Å²) in [6.45, 7) is 3.19. The highest BCUT2D eigenvalue weighted by molar-refractivity contribution is 8.01. The van der Waals surface area contributed by atoms with Crippen molar-refractivity contribution < 1.29 is 32.2 Å². The van der Waals surface area contributed by atoms with Crippen molar-refractivity contribution in [1.29, 1.82) is 0 Å². The van der Waals surface area contributed by atoms with Crippen molar-refractivity contribution in [2.75, 3.05) is 50.2 Å². The van der Waals surface area contributed by atoms with Gasteiger partial charge in [0, 0.05) is 27.2 Å². The lowest BCUT2D eigenvalue weighted by Gasteiger charge is -2.49. The highest BCUT2D eigenvalue weighted by Crippen LogP contribution is 2.67. The summed E-state index contributed by atoms with van der Waals surface area (Å²) >= 11 is 2.48. The molecule has 3 aromatic rings. The van der Waals surface area contributed by atoms with E-state index in [4.69, 9.17) is 14.2 Å². The minimum absolute atomic E-state index is 0.0929. The summed E-state index contributed by atoms with van der Waals surface area (Å²) in [5, 5.41) is -0.923. The monoisotopic (exact) mass is 735 g/mol. The third kappa shape index (κ3) is 5.39. The summed E-state index contributed by atoms with van der Waals surface area (Å²) in [5.74, 6) is -0.325. The van der Waals surface area contributed by atoms with Crippen LogP contribution < -0.4 is 4.31 Å². The van der Waals surface area contributed by atoms with E-state index in [-0.39, 0.29) is 35.0 Å². The Balaban J connectivity index is 1.47. The number of methoxy groups -OCH3 is 1. The predicted molar refractivity (Wildman–Crippen MR) is 196 cm³/mol. The number of ether oxygens (including phenoxy) is 3. The Morgan fingerprint density at radius 2 is 1.62 bits per heavy atom. The Labute approximate surface area is 302 Å². The van der Waals surface area contributed by atoms with Gasteiger partial charge in [-0.3, -0.25) is 14.5 Å². The lowest BCUT2D eigenvalue weighted by molar-refractivity contribution is -0.157. The zero-order valence-corrected chi connectivity index (χ0v) is 30.8. The molecule has 4 aliphatic rings. The zero-order chi connectivity index (χ0) is 35.1. The number of piperazine rings is 1. The van der Waals surface area contributed by atoms with Crippen LogP contribution >= 0.6 is 23.5 Å². The first kappa shape index (κ1) is 35.1. The number of benzene rings is 3. The largest absolute Gasteiger partial charge is 0.382 e. The van der Waals surface area contributed by atoms with Crippen molar-refractivity contribution in [3.05, 3.63) is 102 Å². The van der Waals surface area contributed by atoms with Crippen molar-refractivity contribution in [2.45, 2.75) is 52.9 Å². The number of anilines is 1. The normalized spacial score (nSPS) is 25.4. The fourth-order valence-corrected chi connectivity index (χ4v) is 11.8. The van der Waals surface area contributed by atoms with E-state index in [2.05, 4.69) is 18.2 Å². The molecule has 2 amide bonds. The van der Waals surface area contributed by atoms with E-state index < -0.39 is 31.8 Å². The average Bonchev–Trinajstić information content (AvgIpc) is 3.78. The van der Waals surface area contributed by atoms with Gasteiger partial charge in [-0.15, -0.1) is 0 Å². The Morgan fingerprint density at radius 1 is 0.900 bits per heavy atom. The van der Waals surface area contributed by atoms with E-state index in [0.717, 1.165) is 28.7 Å². The zero-order valence-electron chi connectivity index (χ0n) is 28.3. The molecule has 0 bridgehead atoms. The lowest BCUT2D eigenvalue weighted by Crippen LogP contribution is -2.70. The molecule has 7 rings (SSSR count). The maximum Gasteiger partial charge on any atom is 0.266 e.